The normalized spacial score (nSPS) is 37.6. The van der Waals surface area contributed by atoms with Crippen molar-refractivity contribution in [1.29, 1.82) is 0 Å². The van der Waals surface area contributed by atoms with Gasteiger partial charge >= 0.3 is 5.71 Å². The molecule has 12 aliphatic rings. The summed E-state index contributed by atoms with van der Waals surface area (Å²) in [5.41, 5.74) is 28.7. The van der Waals surface area contributed by atoms with Crippen molar-refractivity contribution in [3.63, 3.8) is 0 Å². The molecule has 0 unspecified atom stereocenters. The third-order valence-electron chi connectivity index (χ3n) is 13.8. The second-order valence-corrected chi connectivity index (χ2v) is 15.2. The Labute approximate surface area is 233 Å². The van der Waals surface area contributed by atoms with Gasteiger partial charge in [0.1, 0.15) is 0 Å². The van der Waals surface area contributed by atoms with Gasteiger partial charge < -0.3 is 5.53 Å². The predicted molar refractivity (Wildman–Crippen MR) is 156 cm³/mol. The highest BCUT2D eigenvalue weighted by molar-refractivity contribution is 6.14. The zero-order valence-corrected chi connectivity index (χ0v) is 23.5. The number of hydrogen-bond acceptors (Lipinski definition) is 0. The number of hydrogen-bond donors (Lipinski definition) is 0. The van der Waals surface area contributed by atoms with Gasteiger partial charge in [-0.05, 0) is 195 Å². The second-order valence-electron chi connectivity index (χ2n) is 15.2. The molecule has 4 saturated carbocycles. The first-order chi connectivity index (χ1) is 19.3. The molecule has 0 aromatic heterocycles. The topological polar surface area (TPSA) is 36.4 Å². The zero-order chi connectivity index (χ0) is 25.4. The van der Waals surface area contributed by atoms with Crippen molar-refractivity contribution in [3.8, 4) is 0 Å². The minimum Gasteiger partial charge on any atom is -0.361 e. The van der Waals surface area contributed by atoms with Crippen molar-refractivity contribution in [2.24, 2.45) is 0 Å². The summed E-state index contributed by atoms with van der Waals surface area (Å²) in [6.07, 6.45) is 21.7. The van der Waals surface area contributed by atoms with E-state index in [-0.39, 0.29) is 0 Å². The maximum Gasteiger partial charge on any atom is 0.330 e. The van der Waals surface area contributed by atoms with E-state index in [1.54, 1.807) is 44.5 Å². The van der Waals surface area contributed by atoms with Crippen LogP contribution in [0.25, 0.3) is 5.53 Å². The predicted octanol–water partition coefficient (Wildman–Crippen LogP) is 9.77. The van der Waals surface area contributed by atoms with Crippen LogP contribution in [0.5, 0.6) is 0 Å². The Hall–Kier alpha value is -2.18. The summed E-state index contributed by atoms with van der Waals surface area (Å²) in [6, 6.07) is 5.43. The Bertz CT molecular complexity index is 1260. The molecule has 0 atom stereocenters. The molecule has 8 bridgehead atoms. The quantitative estimate of drug-likeness (QED) is 0.217. The third kappa shape index (κ3) is 2.85. The van der Waals surface area contributed by atoms with Gasteiger partial charge in [-0.15, -0.1) is 0 Å². The van der Waals surface area contributed by atoms with Gasteiger partial charge in [-0.25, -0.2) is 0 Å². The summed E-state index contributed by atoms with van der Waals surface area (Å²) in [5, 5.41) is 0. The molecule has 14 rings (SSSR count). The molecule has 0 heterocycles. The number of fused-ring (bicyclic) bond motifs is 8. The van der Waals surface area contributed by atoms with Crippen LogP contribution in [0, 0.1) is 0 Å². The maximum absolute atomic E-state index is 11.3. The first kappa shape index (κ1) is 22.5. The van der Waals surface area contributed by atoms with Crippen LogP contribution in [-0.2, 0) is 0 Å². The monoisotopic (exact) mass is 514 g/mol. The van der Waals surface area contributed by atoms with Gasteiger partial charge in [0.05, 0.1) is 11.1 Å². The van der Waals surface area contributed by atoms with E-state index < -0.39 is 0 Å². The van der Waals surface area contributed by atoms with Crippen LogP contribution in [0.3, 0.4) is 0 Å². The standard InChI is InChI=1S/C37H42N2/c38-39-37(35-31-23-9-1-19(2-10-23)27(31)17-28-20-3-11-24(12-4-20)32(28)35)36-33-25-13-5-21(6-14-25)29(33)18-30-22-7-15-26(16-8-22)34(30)36/h17-26H,1-16H2. The molecule has 200 valence electrons. The fraction of sp³-hybridized carbons (Fsp3) is 0.649. The highest BCUT2D eigenvalue weighted by Crippen LogP contribution is 2.61. The zero-order valence-electron chi connectivity index (χ0n) is 23.5. The first-order valence-electron chi connectivity index (χ1n) is 16.9. The molecule has 2 aromatic carbocycles. The molecular weight excluding hydrogens is 472 g/mol. The molecule has 0 N–H and O–H groups in total. The molecule has 2 nitrogen and oxygen atoms in total. The van der Waals surface area contributed by atoms with Crippen LogP contribution in [0.2, 0.25) is 0 Å². The SMILES string of the molecule is [N-]=[N+]=C(c1c2c(cc3c1C1CCC3CC1)C1CCC2CC1)c1c2c(cc3c1C1CCC3CC1)C1CCC2CC1. The summed E-state index contributed by atoms with van der Waals surface area (Å²) in [6.45, 7) is 0. The van der Waals surface area contributed by atoms with E-state index in [2.05, 4.69) is 16.9 Å². The summed E-state index contributed by atoms with van der Waals surface area (Å²) in [7, 11) is 0. The molecule has 0 spiro atoms. The van der Waals surface area contributed by atoms with Gasteiger partial charge in [0, 0.05) is 0 Å². The Morgan fingerprint density at radius 3 is 0.872 bits per heavy atom. The lowest BCUT2D eigenvalue weighted by molar-refractivity contribution is -0.00336. The van der Waals surface area contributed by atoms with Crippen LogP contribution in [-0.4, -0.2) is 10.5 Å². The molecule has 2 aromatic rings. The lowest BCUT2D eigenvalue weighted by atomic mass is 9.56. The molecule has 0 saturated heterocycles. The fourth-order valence-corrected chi connectivity index (χ4v) is 12.1. The summed E-state index contributed by atoms with van der Waals surface area (Å²) >= 11 is 0. The van der Waals surface area contributed by atoms with Crippen LogP contribution < -0.4 is 0 Å². The molecule has 0 amide bonds. The van der Waals surface area contributed by atoms with E-state index in [9.17, 15) is 5.53 Å². The van der Waals surface area contributed by atoms with Crippen molar-refractivity contribution in [1.82, 2.24) is 0 Å². The van der Waals surface area contributed by atoms with Gasteiger partial charge in [-0.2, -0.15) is 4.79 Å². The molecule has 12 aliphatic carbocycles. The Morgan fingerprint density at radius 1 is 0.410 bits per heavy atom. The van der Waals surface area contributed by atoms with Crippen molar-refractivity contribution in [3.05, 3.63) is 73.3 Å². The Morgan fingerprint density at radius 2 is 0.641 bits per heavy atom. The molecule has 2 heteroatoms. The fourth-order valence-electron chi connectivity index (χ4n) is 12.1. The van der Waals surface area contributed by atoms with Gasteiger partial charge in [-0.1, -0.05) is 12.1 Å². The summed E-state index contributed by atoms with van der Waals surface area (Å²) in [5.74, 6) is 5.63. The molecular formula is C37H42N2. The van der Waals surface area contributed by atoms with E-state index in [1.165, 1.54) is 114 Å². The number of benzene rings is 2. The third-order valence-corrected chi connectivity index (χ3v) is 13.8. The number of nitrogens with zero attached hydrogens (tertiary/aromatic N) is 2. The molecule has 39 heavy (non-hydrogen) atoms. The average Bonchev–Trinajstić information content (AvgIpc) is 3.03. The van der Waals surface area contributed by atoms with E-state index in [0.29, 0.717) is 23.7 Å². The number of rotatable bonds is 2. The minimum absolute atomic E-state index is 0.672. The van der Waals surface area contributed by atoms with Crippen molar-refractivity contribution < 1.29 is 4.79 Å². The largest absolute Gasteiger partial charge is 0.361 e. The first-order valence-corrected chi connectivity index (χ1v) is 16.9. The lowest BCUT2D eigenvalue weighted by Gasteiger charge is -2.47. The maximum atomic E-state index is 11.3. The molecule has 0 radical (unpaired) electrons. The van der Waals surface area contributed by atoms with Crippen molar-refractivity contribution in [2.75, 3.05) is 0 Å². The minimum atomic E-state index is 0.672. The second kappa shape index (κ2) is 7.97. The van der Waals surface area contributed by atoms with Gasteiger partial charge in [0.25, 0.3) is 0 Å². The van der Waals surface area contributed by atoms with Crippen LogP contribution in [0.4, 0.5) is 0 Å². The Balaban J connectivity index is 1.31. The van der Waals surface area contributed by atoms with E-state index >= 15 is 0 Å². The van der Waals surface area contributed by atoms with Crippen LogP contribution in [0.1, 0.15) is 206 Å². The summed E-state index contributed by atoms with van der Waals surface area (Å²) in [4.78, 5) is 4.51. The highest BCUT2D eigenvalue weighted by Gasteiger charge is 2.49. The Kier molecular flexibility index (Phi) is 4.60. The van der Waals surface area contributed by atoms with Crippen LogP contribution >= 0.6 is 0 Å². The average molecular weight is 515 g/mol. The van der Waals surface area contributed by atoms with Gasteiger partial charge in [-0.3, -0.25) is 0 Å². The molecule has 0 aliphatic heterocycles. The summed E-state index contributed by atoms with van der Waals surface area (Å²) < 4.78 is 0. The highest BCUT2D eigenvalue weighted by atomic mass is 14.9. The lowest BCUT2D eigenvalue weighted by Crippen LogP contribution is -2.35. The van der Waals surface area contributed by atoms with Crippen molar-refractivity contribution in [2.45, 2.75) is 150 Å². The van der Waals surface area contributed by atoms with Gasteiger partial charge in [0.15, 0.2) is 0 Å². The van der Waals surface area contributed by atoms with E-state index in [1.807, 2.05) is 0 Å². The van der Waals surface area contributed by atoms with Gasteiger partial charge in [0.2, 0.25) is 0 Å². The smallest absolute Gasteiger partial charge is 0.330 e. The van der Waals surface area contributed by atoms with Crippen LogP contribution in [0.15, 0.2) is 12.1 Å². The van der Waals surface area contributed by atoms with Crippen molar-refractivity contribution >= 4 is 5.71 Å². The van der Waals surface area contributed by atoms with E-state index in [4.69, 9.17) is 0 Å². The van der Waals surface area contributed by atoms with E-state index in [0.717, 1.165) is 29.4 Å². The molecule has 4 fully saturated rings.